The average molecular weight is 330 g/mol. The lowest BCUT2D eigenvalue weighted by Crippen LogP contribution is -2.33. The number of amides is 2. The Morgan fingerprint density at radius 2 is 2.00 bits per heavy atom. The number of ether oxygens (including phenoxy) is 1. The second-order valence-electron chi connectivity index (χ2n) is 5.10. The molecule has 0 fully saturated rings. The van der Waals surface area contributed by atoms with Gasteiger partial charge in [0.05, 0.1) is 19.2 Å². The molecule has 0 spiro atoms. The predicted molar refractivity (Wildman–Crippen MR) is 86.7 cm³/mol. The summed E-state index contributed by atoms with van der Waals surface area (Å²) in [7, 11) is 3.01. The quantitative estimate of drug-likeness (QED) is 0.793. The third-order valence-corrected chi connectivity index (χ3v) is 3.32. The van der Waals surface area contributed by atoms with Crippen molar-refractivity contribution in [3.63, 3.8) is 0 Å². The lowest BCUT2D eigenvalue weighted by Gasteiger charge is -2.07. The Kier molecular flexibility index (Phi) is 5.31. The zero-order valence-corrected chi connectivity index (χ0v) is 13.6. The van der Waals surface area contributed by atoms with E-state index >= 15 is 0 Å². The van der Waals surface area contributed by atoms with E-state index in [0.29, 0.717) is 11.3 Å². The number of aryl methyl sites for hydroxylation is 2. The van der Waals surface area contributed by atoms with Gasteiger partial charge in [-0.2, -0.15) is 5.10 Å². The number of nitrogens with zero attached hydrogens (tertiary/aromatic N) is 2. The van der Waals surface area contributed by atoms with Crippen LogP contribution in [0.5, 0.6) is 0 Å². The number of nitrogens with one attached hydrogen (secondary N) is 2. The number of benzene rings is 1. The smallest absolute Gasteiger partial charge is 0.337 e. The number of methoxy groups -OCH3 is 1. The van der Waals surface area contributed by atoms with Gasteiger partial charge >= 0.3 is 5.97 Å². The van der Waals surface area contributed by atoms with Crippen LogP contribution in [-0.2, 0) is 16.6 Å². The number of anilines is 1. The number of carbonyl (C=O) groups excluding carboxylic acids is 3. The summed E-state index contributed by atoms with van der Waals surface area (Å²) in [5.74, 6) is -1.35. The Balaban J connectivity index is 1.91. The zero-order chi connectivity index (χ0) is 17.7. The second kappa shape index (κ2) is 7.40. The van der Waals surface area contributed by atoms with Crippen molar-refractivity contribution in [1.29, 1.82) is 0 Å². The fraction of sp³-hybridized carbons (Fsp3) is 0.250. The Bertz CT molecular complexity index is 763. The van der Waals surface area contributed by atoms with Gasteiger partial charge in [-0.3, -0.25) is 14.3 Å². The normalized spacial score (nSPS) is 10.1. The fourth-order valence-corrected chi connectivity index (χ4v) is 1.97. The molecule has 0 atom stereocenters. The molecule has 2 N–H and O–H groups in total. The van der Waals surface area contributed by atoms with E-state index in [-0.39, 0.29) is 12.2 Å². The number of hydrogen-bond donors (Lipinski definition) is 2. The lowest BCUT2D eigenvalue weighted by atomic mass is 10.2. The monoisotopic (exact) mass is 330 g/mol. The van der Waals surface area contributed by atoms with Gasteiger partial charge in [-0.25, -0.2) is 4.79 Å². The molecule has 0 unspecified atom stereocenters. The van der Waals surface area contributed by atoms with E-state index in [1.165, 1.54) is 13.2 Å². The minimum atomic E-state index is -0.495. The molecule has 8 heteroatoms. The molecule has 2 amide bonds. The molecule has 126 valence electrons. The first-order valence-corrected chi connectivity index (χ1v) is 7.17. The summed E-state index contributed by atoms with van der Waals surface area (Å²) in [5.41, 5.74) is 1.84. The van der Waals surface area contributed by atoms with Crippen LogP contribution in [0.4, 0.5) is 5.69 Å². The highest BCUT2D eigenvalue weighted by atomic mass is 16.5. The minimum Gasteiger partial charge on any atom is -0.465 e. The Morgan fingerprint density at radius 3 is 2.62 bits per heavy atom. The van der Waals surface area contributed by atoms with E-state index in [1.54, 1.807) is 36.0 Å². The van der Waals surface area contributed by atoms with Crippen molar-refractivity contribution >= 4 is 23.5 Å². The molecule has 1 heterocycles. The molecule has 1 aromatic heterocycles. The predicted octanol–water partition coefficient (Wildman–Crippen LogP) is 0.884. The van der Waals surface area contributed by atoms with Crippen LogP contribution in [-0.4, -0.2) is 41.2 Å². The van der Waals surface area contributed by atoms with Crippen molar-refractivity contribution in [1.82, 2.24) is 15.1 Å². The van der Waals surface area contributed by atoms with Crippen molar-refractivity contribution in [3.05, 3.63) is 47.3 Å². The van der Waals surface area contributed by atoms with E-state index in [2.05, 4.69) is 20.5 Å². The third kappa shape index (κ3) is 4.19. The van der Waals surface area contributed by atoms with Gasteiger partial charge in [0, 0.05) is 18.4 Å². The van der Waals surface area contributed by atoms with Crippen LogP contribution in [0.1, 0.15) is 26.5 Å². The van der Waals surface area contributed by atoms with Crippen LogP contribution >= 0.6 is 0 Å². The summed E-state index contributed by atoms with van der Waals surface area (Å²) < 4.78 is 6.19. The maximum atomic E-state index is 11.9. The molecule has 24 heavy (non-hydrogen) atoms. The summed E-state index contributed by atoms with van der Waals surface area (Å²) in [6.45, 7) is 1.61. The zero-order valence-electron chi connectivity index (χ0n) is 13.6. The van der Waals surface area contributed by atoms with E-state index < -0.39 is 17.8 Å². The first-order valence-electron chi connectivity index (χ1n) is 7.17. The number of rotatable bonds is 5. The third-order valence-electron chi connectivity index (χ3n) is 3.32. The molecule has 2 aromatic rings. The Morgan fingerprint density at radius 1 is 1.25 bits per heavy atom. The van der Waals surface area contributed by atoms with Crippen LogP contribution in [0, 0.1) is 6.92 Å². The number of aromatic nitrogens is 2. The molecule has 0 radical (unpaired) electrons. The van der Waals surface area contributed by atoms with E-state index in [9.17, 15) is 14.4 Å². The van der Waals surface area contributed by atoms with Gasteiger partial charge in [0.15, 0.2) is 0 Å². The van der Waals surface area contributed by atoms with Gasteiger partial charge in [0.1, 0.15) is 5.69 Å². The van der Waals surface area contributed by atoms with Crippen LogP contribution in [0.15, 0.2) is 30.3 Å². The highest BCUT2D eigenvalue weighted by Crippen LogP contribution is 2.11. The Hall–Kier alpha value is -3.16. The van der Waals surface area contributed by atoms with Crippen LogP contribution in [0.2, 0.25) is 0 Å². The first kappa shape index (κ1) is 17.2. The van der Waals surface area contributed by atoms with Crippen LogP contribution < -0.4 is 10.6 Å². The molecular formula is C16H18N4O4. The van der Waals surface area contributed by atoms with Gasteiger partial charge in [-0.05, 0) is 31.2 Å². The van der Waals surface area contributed by atoms with Crippen molar-refractivity contribution in [2.45, 2.75) is 6.92 Å². The first-order chi connectivity index (χ1) is 11.4. The summed E-state index contributed by atoms with van der Waals surface area (Å²) >= 11 is 0. The maximum absolute atomic E-state index is 11.9. The maximum Gasteiger partial charge on any atom is 0.337 e. The molecular weight excluding hydrogens is 312 g/mol. The fourth-order valence-electron chi connectivity index (χ4n) is 1.97. The summed E-state index contributed by atoms with van der Waals surface area (Å²) in [5, 5.41) is 9.12. The average Bonchev–Trinajstić information content (AvgIpc) is 2.91. The molecule has 8 nitrogen and oxygen atoms in total. The topological polar surface area (TPSA) is 102 Å². The largest absolute Gasteiger partial charge is 0.465 e. The SMILES string of the molecule is COC(=O)c1cccc(NC(=O)CNC(=O)c2cc(C)n(C)n2)c1. The molecule has 1 aromatic carbocycles. The van der Waals surface area contributed by atoms with Crippen molar-refractivity contribution < 1.29 is 19.1 Å². The van der Waals surface area contributed by atoms with Gasteiger partial charge in [0.25, 0.3) is 5.91 Å². The number of hydrogen-bond acceptors (Lipinski definition) is 5. The van der Waals surface area contributed by atoms with Gasteiger partial charge in [-0.15, -0.1) is 0 Å². The van der Waals surface area contributed by atoms with Gasteiger partial charge in [-0.1, -0.05) is 6.07 Å². The van der Waals surface area contributed by atoms with E-state index in [0.717, 1.165) is 5.69 Å². The molecule has 0 aliphatic heterocycles. The second-order valence-corrected chi connectivity index (χ2v) is 5.10. The van der Waals surface area contributed by atoms with Crippen molar-refractivity contribution in [3.8, 4) is 0 Å². The van der Waals surface area contributed by atoms with E-state index in [1.807, 2.05) is 6.92 Å². The molecule has 0 aliphatic carbocycles. The molecule has 0 saturated heterocycles. The highest BCUT2D eigenvalue weighted by molar-refractivity contribution is 5.99. The standard InChI is InChI=1S/C16H18N4O4/c1-10-7-13(19-20(10)2)15(22)17-9-14(21)18-12-6-4-5-11(8-12)16(23)24-3/h4-8H,9H2,1-3H3,(H,17,22)(H,18,21). The highest BCUT2D eigenvalue weighted by Gasteiger charge is 2.13. The van der Waals surface area contributed by atoms with Crippen LogP contribution in [0.25, 0.3) is 0 Å². The van der Waals surface area contributed by atoms with E-state index in [4.69, 9.17) is 0 Å². The summed E-state index contributed by atoms with van der Waals surface area (Å²) in [4.78, 5) is 35.3. The molecule has 0 aliphatic rings. The minimum absolute atomic E-state index is 0.211. The molecule has 0 bridgehead atoms. The summed E-state index contributed by atoms with van der Waals surface area (Å²) in [6.07, 6.45) is 0. The van der Waals surface area contributed by atoms with Crippen molar-refractivity contribution in [2.75, 3.05) is 19.0 Å². The lowest BCUT2D eigenvalue weighted by molar-refractivity contribution is -0.115. The molecule has 2 rings (SSSR count). The Labute approximate surface area is 138 Å². The van der Waals surface area contributed by atoms with Crippen molar-refractivity contribution in [2.24, 2.45) is 7.05 Å². The molecule has 0 saturated carbocycles. The van der Waals surface area contributed by atoms with Gasteiger partial charge < -0.3 is 15.4 Å². The van der Waals surface area contributed by atoms with Gasteiger partial charge in [0.2, 0.25) is 5.91 Å². The number of esters is 1. The number of carbonyl (C=O) groups is 3. The summed E-state index contributed by atoms with van der Waals surface area (Å²) in [6, 6.07) is 7.96. The van der Waals surface area contributed by atoms with Crippen LogP contribution in [0.3, 0.4) is 0 Å².